The molecule has 2 rings (SSSR count). The van der Waals surface area contributed by atoms with E-state index in [4.69, 9.17) is 16.7 Å². The van der Waals surface area contributed by atoms with Crippen molar-refractivity contribution >= 4 is 29.0 Å². The van der Waals surface area contributed by atoms with Gasteiger partial charge in [-0.2, -0.15) is 0 Å². The van der Waals surface area contributed by atoms with Gasteiger partial charge < -0.3 is 10.4 Å². The van der Waals surface area contributed by atoms with Gasteiger partial charge in [0.25, 0.3) is 11.7 Å². The van der Waals surface area contributed by atoms with Crippen molar-refractivity contribution in [3.8, 4) is 5.75 Å². The first-order valence-electron chi connectivity index (χ1n) is 3.48. The fourth-order valence-electron chi connectivity index (χ4n) is 1.18. The number of phenolic OH excluding ortho intramolecular Hbond substituents is 1. The summed E-state index contributed by atoms with van der Waals surface area (Å²) in [6.45, 7) is 0. The Bertz CT molecular complexity index is 428. The molecule has 2 N–H and O–H groups in total. The van der Waals surface area contributed by atoms with E-state index >= 15 is 0 Å². The second-order valence-electron chi connectivity index (χ2n) is 2.60. The lowest BCUT2D eigenvalue weighted by atomic mass is 10.1. The maximum Gasteiger partial charge on any atom is 0.296 e. The third-order valence-corrected chi connectivity index (χ3v) is 2.19. The van der Waals surface area contributed by atoms with Crippen LogP contribution in [0.1, 0.15) is 10.4 Å². The summed E-state index contributed by atoms with van der Waals surface area (Å²) in [6, 6.07) is 2.75. The van der Waals surface area contributed by atoms with Crippen molar-refractivity contribution in [3.05, 3.63) is 22.7 Å². The van der Waals surface area contributed by atoms with E-state index in [0.29, 0.717) is 5.69 Å². The third-order valence-electron chi connectivity index (χ3n) is 1.80. The number of benzene rings is 1. The van der Waals surface area contributed by atoms with Crippen LogP contribution >= 0.6 is 11.6 Å². The zero-order valence-corrected chi connectivity index (χ0v) is 7.05. The lowest BCUT2D eigenvalue weighted by Gasteiger charge is -2.00. The summed E-state index contributed by atoms with van der Waals surface area (Å²) in [4.78, 5) is 22.1. The van der Waals surface area contributed by atoms with Crippen LogP contribution in [0.5, 0.6) is 5.75 Å². The molecule has 1 aromatic carbocycles. The van der Waals surface area contributed by atoms with E-state index in [2.05, 4.69) is 5.32 Å². The molecule has 0 radical (unpaired) electrons. The van der Waals surface area contributed by atoms with Gasteiger partial charge >= 0.3 is 0 Å². The van der Waals surface area contributed by atoms with Crippen LogP contribution in [0, 0.1) is 0 Å². The Hall–Kier alpha value is -1.55. The van der Waals surface area contributed by atoms with E-state index < -0.39 is 11.7 Å². The molecule has 1 aliphatic rings. The van der Waals surface area contributed by atoms with E-state index in [1.807, 2.05) is 0 Å². The number of phenols is 1. The second-order valence-corrected chi connectivity index (χ2v) is 2.98. The van der Waals surface area contributed by atoms with Gasteiger partial charge in [-0.15, -0.1) is 0 Å². The Labute approximate surface area is 78.1 Å². The monoisotopic (exact) mass is 197 g/mol. The number of hydrogen-bond donors (Lipinski definition) is 2. The Balaban J connectivity index is 2.73. The van der Waals surface area contributed by atoms with Crippen LogP contribution in [0.25, 0.3) is 0 Å². The molecule has 1 aromatic rings. The molecule has 5 heteroatoms. The number of carbonyl (C=O) groups excluding carboxylic acids is 2. The van der Waals surface area contributed by atoms with Gasteiger partial charge in [0.2, 0.25) is 0 Å². The average Bonchev–Trinajstić information content (AvgIpc) is 2.37. The average molecular weight is 198 g/mol. The number of halogens is 1. The number of fused-ring (bicyclic) bond motifs is 1. The van der Waals surface area contributed by atoms with Gasteiger partial charge in [0, 0.05) is 0 Å². The van der Waals surface area contributed by atoms with Gasteiger partial charge in [-0.25, -0.2) is 0 Å². The first-order chi connectivity index (χ1) is 6.11. The second kappa shape index (κ2) is 2.47. The summed E-state index contributed by atoms with van der Waals surface area (Å²) >= 11 is 5.64. The molecule has 4 nitrogen and oxygen atoms in total. The summed E-state index contributed by atoms with van der Waals surface area (Å²) in [7, 11) is 0. The van der Waals surface area contributed by atoms with Gasteiger partial charge in [0.15, 0.2) is 0 Å². The number of hydrogen-bond acceptors (Lipinski definition) is 3. The molecule has 13 heavy (non-hydrogen) atoms. The number of nitrogens with one attached hydrogen (secondary N) is 1. The smallest absolute Gasteiger partial charge is 0.296 e. The maximum absolute atomic E-state index is 11.2. The predicted octanol–water partition coefficient (Wildman–Crippen LogP) is 1.18. The number of ketones is 1. The quantitative estimate of drug-likeness (QED) is 0.485. The van der Waals surface area contributed by atoms with Crippen molar-refractivity contribution in [2.75, 3.05) is 5.32 Å². The molecule has 0 saturated heterocycles. The lowest BCUT2D eigenvalue weighted by Crippen LogP contribution is -2.12. The largest absolute Gasteiger partial charge is 0.506 e. The highest BCUT2D eigenvalue weighted by atomic mass is 35.5. The van der Waals surface area contributed by atoms with Gasteiger partial charge in [0.05, 0.1) is 16.3 Å². The normalized spacial score (nSPS) is 14.2. The number of aromatic hydroxyl groups is 1. The highest BCUT2D eigenvalue weighted by molar-refractivity contribution is 6.55. The van der Waals surface area contributed by atoms with Gasteiger partial charge in [-0.05, 0) is 12.1 Å². The number of rotatable bonds is 0. The van der Waals surface area contributed by atoms with Crippen molar-refractivity contribution in [1.82, 2.24) is 0 Å². The van der Waals surface area contributed by atoms with Crippen LogP contribution < -0.4 is 5.32 Å². The summed E-state index contributed by atoms with van der Waals surface area (Å²) < 4.78 is 0. The Morgan fingerprint density at radius 3 is 2.69 bits per heavy atom. The van der Waals surface area contributed by atoms with E-state index in [0.717, 1.165) is 0 Å². The zero-order valence-electron chi connectivity index (χ0n) is 6.30. The minimum absolute atomic E-state index is 0.0478. The van der Waals surface area contributed by atoms with E-state index in [1.165, 1.54) is 12.1 Å². The number of anilines is 1. The summed E-state index contributed by atoms with van der Waals surface area (Å²) in [5.41, 5.74) is 0.393. The molecule has 66 valence electrons. The van der Waals surface area contributed by atoms with Crippen LogP contribution in [-0.4, -0.2) is 16.8 Å². The number of Topliss-reactive ketones (excluding diaryl/α,β-unsaturated/α-hetero) is 1. The first-order valence-corrected chi connectivity index (χ1v) is 3.86. The van der Waals surface area contributed by atoms with Crippen LogP contribution in [-0.2, 0) is 4.79 Å². The maximum atomic E-state index is 11.2. The molecule has 0 fully saturated rings. The van der Waals surface area contributed by atoms with Crippen molar-refractivity contribution < 1.29 is 14.7 Å². The molecule has 0 atom stereocenters. The standard InChI is InChI=1S/C8H4ClNO3/c9-6-4(11)2-1-3-5(6)7(12)8(13)10-3/h1-2,11H,(H,10,12,13). The number of carbonyl (C=O) groups is 2. The summed E-state index contributed by atoms with van der Waals surface area (Å²) in [5, 5.41) is 11.4. The minimum Gasteiger partial charge on any atom is -0.506 e. The van der Waals surface area contributed by atoms with E-state index in [-0.39, 0.29) is 16.3 Å². The van der Waals surface area contributed by atoms with E-state index in [1.54, 1.807) is 0 Å². The SMILES string of the molecule is O=C1Nc2ccc(O)c(Cl)c2C1=O. The first kappa shape index (κ1) is 8.07. The highest BCUT2D eigenvalue weighted by Gasteiger charge is 2.31. The Kier molecular flexibility index (Phi) is 1.53. The van der Waals surface area contributed by atoms with Gasteiger partial charge in [-0.1, -0.05) is 11.6 Å². The molecule has 0 saturated carbocycles. The predicted molar refractivity (Wildman–Crippen MR) is 46.1 cm³/mol. The van der Waals surface area contributed by atoms with Crippen molar-refractivity contribution in [2.45, 2.75) is 0 Å². The number of amides is 1. The van der Waals surface area contributed by atoms with Crippen LogP contribution in [0.4, 0.5) is 5.69 Å². The molecule has 0 spiro atoms. The molecule has 1 amide bonds. The molecule has 0 aromatic heterocycles. The van der Waals surface area contributed by atoms with Crippen LogP contribution in [0.2, 0.25) is 5.02 Å². The summed E-state index contributed by atoms with van der Waals surface area (Å²) in [6.07, 6.45) is 0. The van der Waals surface area contributed by atoms with Crippen LogP contribution in [0.3, 0.4) is 0 Å². The molecular formula is C8H4ClNO3. The Morgan fingerprint density at radius 1 is 1.31 bits per heavy atom. The van der Waals surface area contributed by atoms with Crippen molar-refractivity contribution in [2.24, 2.45) is 0 Å². The topological polar surface area (TPSA) is 66.4 Å². The van der Waals surface area contributed by atoms with Crippen molar-refractivity contribution in [3.63, 3.8) is 0 Å². The van der Waals surface area contributed by atoms with Gasteiger partial charge in [-0.3, -0.25) is 9.59 Å². The molecule has 1 heterocycles. The summed E-state index contributed by atoms with van der Waals surface area (Å²) in [5.74, 6) is -1.64. The van der Waals surface area contributed by atoms with Gasteiger partial charge in [0.1, 0.15) is 5.75 Å². The molecule has 1 aliphatic heterocycles. The third kappa shape index (κ3) is 0.990. The zero-order chi connectivity index (χ0) is 9.59. The van der Waals surface area contributed by atoms with E-state index in [9.17, 15) is 9.59 Å². The van der Waals surface area contributed by atoms with Crippen LogP contribution in [0.15, 0.2) is 12.1 Å². The molecular weight excluding hydrogens is 194 g/mol. The van der Waals surface area contributed by atoms with Crippen molar-refractivity contribution in [1.29, 1.82) is 0 Å². The molecule has 0 aliphatic carbocycles. The molecule has 0 bridgehead atoms. The minimum atomic E-state index is -0.720. The fourth-order valence-corrected chi connectivity index (χ4v) is 1.43. The fraction of sp³-hybridized carbons (Fsp3) is 0. The molecule has 0 unspecified atom stereocenters. The highest BCUT2D eigenvalue weighted by Crippen LogP contribution is 2.35. The lowest BCUT2D eigenvalue weighted by molar-refractivity contribution is -0.112. The Morgan fingerprint density at radius 2 is 2.00 bits per heavy atom.